The Bertz CT molecular complexity index is 668. The Morgan fingerprint density at radius 3 is 2.80 bits per heavy atom. The van der Waals surface area contributed by atoms with Crippen molar-refractivity contribution in [1.82, 2.24) is 5.43 Å². The molecule has 0 saturated carbocycles. The molecule has 1 aromatic rings. The van der Waals surface area contributed by atoms with Crippen LogP contribution in [0.25, 0.3) is 0 Å². The lowest BCUT2D eigenvalue weighted by Gasteiger charge is -2.04. The lowest BCUT2D eigenvalue weighted by molar-refractivity contribution is 0.601. The zero-order valence-corrected chi connectivity index (χ0v) is 12.6. The monoisotopic (exact) mass is 309 g/mol. The summed E-state index contributed by atoms with van der Waals surface area (Å²) in [4.78, 5) is 4.39. The second-order valence-corrected chi connectivity index (χ2v) is 8.29. The molecule has 2 unspecified atom stereocenters. The van der Waals surface area contributed by atoms with E-state index in [0.717, 1.165) is 11.3 Å². The van der Waals surface area contributed by atoms with E-state index >= 15 is 0 Å². The number of thioether (sulfide) groups is 1. The molecule has 1 saturated heterocycles. The van der Waals surface area contributed by atoms with Crippen LogP contribution >= 0.6 is 11.8 Å². The fourth-order valence-corrected chi connectivity index (χ4v) is 5.88. The number of hydrazone groups is 1. The van der Waals surface area contributed by atoms with Crippen molar-refractivity contribution in [2.24, 2.45) is 10.1 Å². The predicted octanol–water partition coefficient (Wildman–Crippen LogP) is 1.27. The number of hydrogen-bond donors (Lipinski definition) is 1. The van der Waals surface area contributed by atoms with Gasteiger partial charge in [-0.3, -0.25) is 10.4 Å². The van der Waals surface area contributed by atoms with E-state index in [2.05, 4.69) is 15.5 Å². The third kappa shape index (κ3) is 2.88. The van der Waals surface area contributed by atoms with Gasteiger partial charge in [0.15, 0.2) is 15.0 Å². The van der Waals surface area contributed by atoms with E-state index in [1.54, 1.807) is 0 Å². The highest BCUT2D eigenvalue weighted by atomic mass is 32.2. The minimum absolute atomic E-state index is 0.0507. The van der Waals surface area contributed by atoms with Crippen LogP contribution in [-0.4, -0.2) is 42.1 Å². The van der Waals surface area contributed by atoms with Gasteiger partial charge in [0.25, 0.3) is 0 Å². The Balaban J connectivity index is 1.66. The van der Waals surface area contributed by atoms with E-state index < -0.39 is 9.84 Å². The van der Waals surface area contributed by atoms with Crippen LogP contribution in [0.2, 0.25) is 0 Å². The normalized spacial score (nSPS) is 28.1. The van der Waals surface area contributed by atoms with Gasteiger partial charge in [-0.05, 0) is 12.5 Å². The Kier molecular flexibility index (Phi) is 3.55. The predicted molar refractivity (Wildman–Crippen MR) is 83.0 cm³/mol. The number of fused-ring (bicyclic) bond motifs is 1. The molecule has 0 radical (unpaired) electrons. The molecular weight excluding hydrogens is 294 g/mol. The first-order chi connectivity index (χ1) is 9.53. The molecule has 2 aliphatic rings. The third-order valence-corrected chi connectivity index (χ3v) is 6.46. The molecule has 0 amide bonds. The number of nitrogens with one attached hydrogen (secondary N) is 1. The van der Waals surface area contributed by atoms with Gasteiger partial charge in [-0.15, -0.1) is 0 Å². The minimum atomic E-state index is -2.89. The maximum atomic E-state index is 11.5. The SMILES string of the molecule is CC(=NNC1=NC2CS(=O)(=O)CC2S1)c1ccccc1. The Morgan fingerprint density at radius 1 is 1.35 bits per heavy atom. The number of sulfone groups is 1. The number of hydrogen-bond acceptors (Lipinski definition) is 6. The highest BCUT2D eigenvalue weighted by molar-refractivity contribution is 8.15. The van der Waals surface area contributed by atoms with Crippen molar-refractivity contribution in [3.63, 3.8) is 0 Å². The van der Waals surface area contributed by atoms with E-state index in [9.17, 15) is 8.42 Å². The van der Waals surface area contributed by atoms with Crippen LogP contribution in [0, 0.1) is 0 Å². The Morgan fingerprint density at radius 2 is 2.10 bits per heavy atom. The summed E-state index contributed by atoms with van der Waals surface area (Å²) in [5.41, 5.74) is 4.86. The van der Waals surface area contributed by atoms with Crippen LogP contribution in [-0.2, 0) is 9.84 Å². The fourth-order valence-electron chi connectivity index (χ4n) is 2.29. The molecule has 3 rings (SSSR count). The van der Waals surface area contributed by atoms with E-state index in [1.165, 1.54) is 11.8 Å². The smallest absolute Gasteiger partial charge is 0.177 e. The van der Waals surface area contributed by atoms with Crippen LogP contribution in [0.5, 0.6) is 0 Å². The summed E-state index contributed by atoms with van der Waals surface area (Å²) in [5.74, 6) is 0.385. The number of nitrogens with zero attached hydrogens (tertiary/aromatic N) is 2. The minimum Gasteiger partial charge on any atom is -0.256 e. The standard InChI is InChI=1S/C13H15N3O2S2/c1-9(10-5-3-2-4-6-10)15-16-13-14-11-7-20(17,18)8-12(11)19-13/h2-6,11-12H,7-8H2,1H3,(H,14,16). The molecule has 7 heteroatoms. The van der Waals surface area contributed by atoms with Crippen LogP contribution in [0.15, 0.2) is 40.4 Å². The van der Waals surface area contributed by atoms with Gasteiger partial charge in [0.1, 0.15) is 0 Å². The van der Waals surface area contributed by atoms with Gasteiger partial charge < -0.3 is 0 Å². The average Bonchev–Trinajstić information content (AvgIpc) is 2.90. The van der Waals surface area contributed by atoms with Gasteiger partial charge >= 0.3 is 0 Å². The fraction of sp³-hybridized carbons (Fsp3) is 0.385. The van der Waals surface area contributed by atoms with Crippen molar-refractivity contribution in [3.05, 3.63) is 35.9 Å². The van der Waals surface area contributed by atoms with Crippen LogP contribution in [0.1, 0.15) is 12.5 Å². The third-order valence-electron chi connectivity index (χ3n) is 3.33. The van der Waals surface area contributed by atoms with E-state index in [1.807, 2.05) is 37.3 Å². The molecule has 20 heavy (non-hydrogen) atoms. The van der Waals surface area contributed by atoms with Gasteiger partial charge in [-0.25, -0.2) is 8.42 Å². The van der Waals surface area contributed by atoms with Crippen molar-refractivity contribution < 1.29 is 8.42 Å². The second-order valence-electron chi connectivity index (χ2n) is 4.91. The molecule has 2 atom stereocenters. The molecule has 0 spiro atoms. The number of benzene rings is 1. The van der Waals surface area contributed by atoms with Crippen molar-refractivity contribution in [1.29, 1.82) is 0 Å². The molecule has 5 nitrogen and oxygen atoms in total. The van der Waals surface area contributed by atoms with Crippen LogP contribution < -0.4 is 5.43 Å². The first-order valence-corrected chi connectivity index (χ1v) is 9.04. The zero-order chi connectivity index (χ0) is 14.2. The molecule has 0 aliphatic carbocycles. The molecule has 0 bridgehead atoms. The summed E-state index contributed by atoms with van der Waals surface area (Å²) >= 11 is 1.47. The maximum Gasteiger partial charge on any atom is 0.177 e. The molecule has 2 heterocycles. The van der Waals surface area contributed by atoms with Gasteiger partial charge in [0, 0.05) is 5.25 Å². The highest BCUT2D eigenvalue weighted by Gasteiger charge is 2.42. The summed E-state index contributed by atoms with van der Waals surface area (Å²) in [6.07, 6.45) is 0. The van der Waals surface area contributed by atoms with E-state index in [4.69, 9.17) is 0 Å². The highest BCUT2D eigenvalue weighted by Crippen LogP contribution is 2.33. The largest absolute Gasteiger partial charge is 0.256 e. The summed E-state index contributed by atoms with van der Waals surface area (Å²) in [6.45, 7) is 1.92. The Hall–Kier alpha value is -1.34. The van der Waals surface area contributed by atoms with Crippen molar-refractivity contribution in [2.75, 3.05) is 11.5 Å². The lowest BCUT2D eigenvalue weighted by atomic mass is 10.1. The van der Waals surface area contributed by atoms with Crippen molar-refractivity contribution in [3.8, 4) is 0 Å². The number of rotatable bonds is 2. The van der Waals surface area contributed by atoms with Crippen LogP contribution in [0.3, 0.4) is 0 Å². The zero-order valence-electron chi connectivity index (χ0n) is 11.0. The number of amidine groups is 1. The molecule has 1 N–H and O–H groups in total. The lowest BCUT2D eigenvalue weighted by Crippen LogP contribution is -2.17. The van der Waals surface area contributed by atoms with Crippen molar-refractivity contribution >= 4 is 32.5 Å². The first-order valence-electron chi connectivity index (χ1n) is 6.34. The van der Waals surface area contributed by atoms with Gasteiger partial charge in [-0.2, -0.15) is 5.10 Å². The van der Waals surface area contributed by atoms with E-state index in [0.29, 0.717) is 5.17 Å². The van der Waals surface area contributed by atoms with Crippen molar-refractivity contribution in [2.45, 2.75) is 18.2 Å². The summed E-state index contributed by atoms with van der Waals surface area (Å²) < 4.78 is 22.9. The maximum absolute atomic E-state index is 11.5. The van der Waals surface area contributed by atoms with Crippen LogP contribution in [0.4, 0.5) is 0 Å². The van der Waals surface area contributed by atoms with Gasteiger partial charge in [0.2, 0.25) is 0 Å². The molecule has 0 aromatic heterocycles. The Labute approximate surface area is 122 Å². The van der Waals surface area contributed by atoms with Gasteiger partial charge in [0.05, 0.1) is 23.3 Å². The summed E-state index contributed by atoms with van der Waals surface area (Å²) in [7, 11) is -2.89. The first kappa shape index (κ1) is 13.6. The molecule has 2 aliphatic heterocycles. The molecule has 1 fully saturated rings. The summed E-state index contributed by atoms with van der Waals surface area (Å²) in [5, 5.41) is 5.07. The second kappa shape index (κ2) is 5.21. The molecular formula is C13H15N3O2S2. The molecule has 1 aromatic carbocycles. The topological polar surface area (TPSA) is 70.9 Å². The average molecular weight is 309 g/mol. The quantitative estimate of drug-likeness (QED) is 0.660. The summed E-state index contributed by atoms with van der Waals surface area (Å²) in [6, 6.07) is 9.76. The van der Waals surface area contributed by atoms with E-state index in [-0.39, 0.29) is 22.8 Å². The molecule has 106 valence electrons. The number of aliphatic imine (C=N–C) groups is 1. The van der Waals surface area contributed by atoms with Gasteiger partial charge in [-0.1, -0.05) is 42.1 Å².